The Balaban J connectivity index is 1.50. The van der Waals surface area contributed by atoms with Crippen LogP contribution in [-0.4, -0.2) is 23.9 Å². The van der Waals surface area contributed by atoms with Crippen molar-refractivity contribution in [3.05, 3.63) is 99.7 Å². The minimum Gasteiger partial charge on any atom is -0.493 e. The third-order valence-corrected chi connectivity index (χ3v) is 6.70. The molecule has 10 heteroatoms. The highest BCUT2D eigenvalue weighted by Crippen LogP contribution is 2.46. The molecule has 3 N–H and O–H groups in total. The number of rotatable bonds is 8. The minimum absolute atomic E-state index is 0.0214. The topological polar surface area (TPSA) is 115 Å². The summed E-state index contributed by atoms with van der Waals surface area (Å²) in [6.07, 6.45) is 0. The van der Waals surface area contributed by atoms with E-state index in [1.165, 1.54) is 12.1 Å². The predicted octanol–water partition coefficient (Wildman–Crippen LogP) is 6.07. The van der Waals surface area contributed by atoms with Crippen LogP contribution in [0.3, 0.4) is 0 Å². The minimum atomic E-state index is -0.569. The van der Waals surface area contributed by atoms with Gasteiger partial charge in [-0.25, -0.2) is 4.39 Å². The van der Waals surface area contributed by atoms with Gasteiger partial charge >= 0.3 is 0 Å². The maximum atomic E-state index is 14.1. The van der Waals surface area contributed by atoms with E-state index in [-0.39, 0.29) is 29.5 Å². The summed E-state index contributed by atoms with van der Waals surface area (Å²) >= 11 is 6.11. The summed E-state index contributed by atoms with van der Waals surface area (Å²) in [5.74, 6) is 0.911. The molecule has 1 unspecified atom stereocenters. The number of hydrogen-bond acceptors (Lipinski definition) is 7. The van der Waals surface area contributed by atoms with Crippen LogP contribution in [0.4, 0.5) is 4.39 Å². The summed E-state index contributed by atoms with van der Waals surface area (Å²) in [5.41, 5.74) is 9.46. The summed E-state index contributed by atoms with van der Waals surface area (Å²) in [5, 5.41) is 17.6. The molecule has 3 aromatic carbocycles. The Labute approximate surface area is 229 Å². The van der Waals surface area contributed by atoms with Gasteiger partial charge in [-0.05, 0) is 55.0 Å². The number of halogens is 2. The number of methoxy groups -OCH3 is 1. The summed E-state index contributed by atoms with van der Waals surface area (Å²) in [4.78, 5) is 0. The van der Waals surface area contributed by atoms with E-state index in [0.717, 1.165) is 11.1 Å². The molecule has 2 heterocycles. The summed E-state index contributed by atoms with van der Waals surface area (Å²) in [7, 11) is 1.57. The fraction of sp³-hybridized carbons (Fsp3) is 0.172. The Morgan fingerprint density at radius 2 is 1.92 bits per heavy atom. The van der Waals surface area contributed by atoms with E-state index in [0.29, 0.717) is 40.1 Å². The summed E-state index contributed by atoms with van der Waals surface area (Å²) in [6, 6.07) is 19.3. The SMILES string of the molecule is CCOc1ccc(-c2[nH]nc3c2C(c2ccc(OCc4c(F)cccc4Cl)cc2)C(C#N)=C(N)O3)cc1OC. The number of allylic oxidation sites excluding steroid dienone is 1. The molecule has 8 nitrogen and oxygen atoms in total. The summed E-state index contributed by atoms with van der Waals surface area (Å²) in [6.45, 7) is 2.36. The number of benzene rings is 3. The zero-order valence-electron chi connectivity index (χ0n) is 21.1. The Morgan fingerprint density at radius 3 is 2.62 bits per heavy atom. The molecular formula is C29H24ClFN4O4. The molecule has 0 spiro atoms. The van der Waals surface area contributed by atoms with Crippen LogP contribution in [0.5, 0.6) is 23.1 Å². The van der Waals surface area contributed by atoms with Crippen molar-refractivity contribution in [2.45, 2.75) is 19.4 Å². The molecular weight excluding hydrogens is 523 g/mol. The Hall–Kier alpha value is -4.68. The monoisotopic (exact) mass is 546 g/mol. The lowest BCUT2D eigenvalue weighted by molar-refractivity contribution is 0.300. The lowest BCUT2D eigenvalue weighted by Gasteiger charge is -2.24. The fourth-order valence-electron chi connectivity index (χ4n) is 4.48. The molecule has 1 aliphatic heterocycles. The molecule has 4 aromatic rings. The normalized spacial score (nSPS) is 14.3. The van der Waals surface area contributed by atoms with Crippen LogP contribution in [0, 0.1) is 17.1 Å². The van der Waals surface area contributed by atoms with Gasteiger partial charge in [0.1, 0.15) is 29.8 Å². The molecule has 0 saturated carbocycles. The lowest BCUT2D eigenvalue weighted by Crippen LogP contribution is -2.21. The van der Waals surface area contributed by atoms with Crippen LogP contribution in [0.15, 0.2) is 72.1 Å². The van der Waals surface area contributed by atoms with Crippen molar-refractivity contribution in [1.82, 2.24) is 10.2 Å². The van der Waals surface area contributed by atoms with Gasteiger partial charge in [0.25, 0.3) is 0 Å². The highest BCUT2D eigenvalue weighted by molar-refractivity contribution is 6.31. The number of nitriles is 1. The standard InChI is InChI=1S/C29H24ClFN4O4/c1-3-37-23-12-9-17(13-24(23)36-2)27-26-25(19(14-32)28(33)39-29(26)35-34-27)16-7-10-18(11-8-16)38-15-20-21(30)5-4-6-22(20)31/h4-13,25H,3,15,33H2,1-2H3,(H,34,35). The maximum absolute atomic E-state index is 14.1. The van der Waals surface area contributed by atoms with Gasteiger partial charge in [-0.15, -0.1) is 5.10 Å². The van der Waals surface area contributed by atoms with Gasteiger partial charge in [0.05, 0.1) is 35.9 Å². The fourth-order valence-corrected chi connectivity index (χ4v) is 4.70. The lowest BCUT2D eigenvalue weighted by atomic mass is 9.83. The van der Waals surface area contributed by atoms with Crippen LogP contribution in [0.25, 0.3) is 11.3 Å². The average Bonchev–Trinajstić information content (AvgIpc) is 3.36. The van der Waals surface area contributed by atoms with Gasteiger partial charge in [0, 0.05) is 11.1 Å². The average molecular weight is 547 g/mol. The van der Waals surface area contributed by atoms with E-state index >= 15 is 0 Å². The number of H-pyrrole nitrogens is 1. The first-order valence-corrected chi connectivity index (χ1v) is 12.5. The van der Waals surface area contributed by atoms with Crippen LogP contribution in [0.2, 0.25) is 5.02 Å². The number of ether oxygens (including phenoxy) is 4. The van der Waals surface area contributed by atoms with E-state index in [9.17, 15) is 9.65 Å². The number of hydrogen-bond donors (Lipinski definition) is 2. The number of fused-ring (bicyclic) bond motifs is 1. The zero-order valence-corrected chi connectivity index (χ0v) is 21.9. The summed E-state index contributed by atoms with van der Waals surface area (Å²) < 4.78 is 36.8. The van der Waals surface area contributed by atoms with E-state index < -0.39 is 11.7 Å². The highest BCUT2D eigenvalue weighted by Gasteiger charge is 2.35. The molecule has 1 aromatic heterocycles. The molecule has 1 aliphatic rings. The number of nitrogens with two attached hydrogens (primary N) is 1. The first-order chi connectivity index (χ1) is 18.9. The van der Waals surface area contributed by atoms with Gasteiger partial charge in [-0.3, -0.25) is 5.10 Å². The van der Waals surface area contributed by atoms with Crippen molar-refractivity contribution in [2.24, 2.45) is 5.73 Å². The van der Waals surface area contributed by atoms with Crippen molar-refractivity contribution in [3.8, 4) is 40.5 Å². The van der Waals surface area contributed by atoms with Crippen molar-refractivity contribution in [3.63, 3.8) is 0 Å². The quantitative estimate of drug-likeness (QED) is 0.275. The molecule has 0 aliphatic carbocycles. The molecule has 0 saturated heterocycles. The number of aromatic nitrogens is 2. The van der Waals surface area contributed by atoms with Gasteiger partial charge in [0.15, 0.2) is 11.5 Å². The highest BCUT2D eigenvalue weighted by atomic mass is 35.5. The molecule has 1 atom stereocenters. The second-order valence-corrected chi connectivity index (χ2v) is 9.01. The van der Waals surface area contributed by atoms with E-state index in [1.807, 2.05) is 37.3 Å². The van der Waals surface area contributed by atoms with E-state index in [1.54, 1.807) is 25.3 Å². The van der Waals surface area contributed by atoms with Crippen LogP contribution >= 0.6 is 11.6 Å². The Kier molecular flexibility index (Phi) is 7.30. The first-order valence-electron chi connectivity index (χ1n) is 12.1. The molecule has 0 fully saturated rings. The number of nitrogens with zero attached hydrogens (tertiary/aromatic N) is 2. The first kappa shape index (κ1) is 25.9. The van der Waals surface area contributed by atoms with Crippen molar-refractivity contribution in [2.75, 3.05) is 13.7 Å². The third-order valence-electron chi connectivity index (χ3n) is 6.35. The van der Waals surface area contributed by atoms with Crippen LogP contribution in [0.1, 0.15) is 29.5 Å². The van der Waals surface area contributed by atoms with E-state index in [2.05, 4.69) is 16.3 Å². The van der Waals surface area contributed by atoms with E-state index in [4.69, 9.17) is 36.3 Å². The molecule has 0 radical (unpaired) electrons. The molecule has 5 rings (SSSR count). The van der Waals surface area contributed by atoms with Gasteiger partial charge < -0.3 is 24.7 Å². The van der Waals surface area contributed by atoms with Crippen LogP contribution in [-0.2, 0) is 6.61 Å². The predicted molar refractivity (Wildman–Crippen MR) is 143 cm³/mol. The Bertz CT molecular complexity index is 1570. The number of aromatic amines is 1. The molecule has 0 bridgehead atoms. The molecule has 0 amide bonds. The molecule has 39 heavy (non-hydrogen) atoms. The van der Waals surface area contributed by atoms with Crippen molar-refractivity contribution >= 4 is 11.6 Å². The smallest absolute Gasteiger partial charge is 0.244 e. The second-order valence-electron chi connectivity index (χ2n) is 8.60. The Morgan fingerprint density at radius 1 is 1.13 bits per heavy atom. The molecule has 198 valence electrons. The maximum Gasteiger partial charge on any atom is 0.244 e. The van der Waals surface area contributed by atoms with Crippen molar-refractivity contribution < 1.29 is 23.3 Å². The largest absolute Gasteiger partial charge is 0.493 e. The second kappa shape index (κ2) is 11.0. The van der Waals surface area contributed by atoms with Gasteiger partial charge in [0.2, 0.25) is 11.8 Å². The third kappa shape index (κ3) is 4.94. The van der Waals surface area contributed by atoms with Gasteiger partial charge in [-0.1, -0.05) is 29.8 Å². The van der Waals surface area contributed by atoms with Gasteiger partial charge in [-0.2, -0.15) is 5.26 Å². The van der Waals surface area contributed by atoms with Crippen LogP contribution < -0.4 is 24.7 Å². The van der Waals surface area contributed by atoms with Crippen molar-refractivity contribution in [1.29, 1.82) is 5.26 Å². The zero-order chi connectivity index (χ0) is 27.5. The number of nitrogens with one attached hydrogen (secondary N) is 1.